The van der Waals surface area contributed by atoms with E-state index in [1.165, 1.54) is 12.1 Å². The average molecular weight is 624 g/mol. The minimum atomic E-state index is -3.67. The number of carboxylic acids is 1. The number of piperazine rings is 1. The van der Waals surface area contributed by atoms with Gasteiger partial charge in [0.2, 0.25) is 0 Å². The molecule has 1 saturated heterocycles. The number of carbonyl (C=O) groups is 2. The molecule has 6 N–H and O–H groups in total. The van der Waals surface area contributed by atoms with Crippen LogP contribution in [0.4, 0.5) is 5.69 Å². The molecule has 0 aliphatic carbocycles. The molecule has 15 heteroatoms. The minimum Gasteiger partial charge on any atom is -0.507 e. The number of aromatic carboxylic acids is 1. The molecule has 1 amide bonds. The van der Waals surface area contributed by atoms with Crippen molar-refractivity contribution in [3.8, 4) is 16.9 Å². The number of anilines is 1. The molecular formula is C27H33N3O10S2. The van der Waals surface area contributed by atoms with Gasteiger partial charge in [-0.2, -0.15) is 16.8 Å². The molecule has 0 radical (unpaired) electrons. The number of carbonyl (C=O) groups excluding carboxylic acids is 1. The average Bonchev–Trinajstić information content (AvgIpc) is 2.89. The van der Waals surface area contributed by atoms with Crippen LogP contribution in [-0.2, 0) is 26.8 Å². The maximum absolute atomic E-state index is 13.0. The number of aromatic hydroxyl groups is 1. The SMILES string of the molecule is CS(=O)(=O)O.CS(=O)(=O)O.O=C(Nc1cc(-c2ccccc2)ccc1C(=O)O)c1cc(CN2CCNCC2)ccc1O. The lowest BCUT2D eigenvalue weighted by atomic mass is 10.0. The quantitative estimate of drug-likeness (QED) is 0.219. The van der Waals surface area contributed by atoms with Crippen molar-refractivity contribution in [1.82, 2.24) is 10.2 Å². The number of nitrogens with one attached hydrogen (secondary N) is 2. The van der Waals surface area contributed by atoms with Crippen molar-refractivity contribution in [2.45, 2.75) is 6.54 Å². The first-order valence-corrected chi connectivity index (χ1v) is 16.0. The molecule has 1 fully saturated rings. The summed E-state index contributed by atoms with van der Waals surface area (Å²) < 4.78 is 51.7. The lowest BCUT2D eigenvalue weighted by molar-refractivity contribution is 0.0698. The summed E-state index contributed by atoms with van der Waals surface area (Å²) in [6.07, 6.45) is 1.43. The molecule has 13 nitrogen and oxygen atoms in total. The van der Waals surface area contributed by atoms with Crippen LogP contribution < -0.4 is 10.6 Å². The van der Waals surface area contributed by atoms with Gasteiger partial charge in [-0.25, -0.2) is 4.79 Å². The Balaban J connectivity index is 0.000000533. The van der Waals surface area contributed by atoms with Crippen LogP contribution in [0.25, 0.3) is 11.1 Å². The number of benzene rings is 3. The van der Waals surface area contributed by atoms with E-state index in [0.29, 0.717) is 19.1 Å². The van der Waals surface area contributed by atoms with Crippen LogP contribution in [-0.4, -0.2) is 91.6 Å². The topological polar surface area (TPSA) is 211 Å². The molecule has 4 rings (SSSR count). The van der Waals surface area contributed by atoms with E-state index in [1.54, 1.807) is 24.3 Å². The van der Waals surface area contributed by atoms with E-state index in [0.717, 1.165) is 42.9 Å². The Hall–Kier alpha value is -3.86. The van der Waals surface area contributed by atoms with Crippen molar-refractivity contribution >= 4 is 37.8 Å². The zero-order valence-electron chi connectivity index (χ0n) is 22.9. The molecule has 0 saturated carbocycles. The molecule has 0 unspecified atom stereocenters. The van der Waals surface area contributed by atoms with E-state index in [4.69, 9.17) is 9.11 Å². The standard InChI is InChI=1S/C25H25N3O4.2CH4O3S/c29-23-9-6-17(16-28-12-10-26-11-13-28)14-21(23)24(30)27-22-15-19(7-8-20(22)25(31)32)18-4-2-1-3-5-18;2*1-5(2,3)4/h1-9,14-15,26,29H,10-13,16H2,(H,27,30)(H,31,32);2*1H3,(H,2,3,4). The van der Waals surface area contributed by atoms with E-state index in [9.17, 15) is 36.6 Å². The van der Waals surface area contributed by atoms with Crippen LogP contribution >= 0.6 is 0 Å². The Morgan fingerprint density at radius 2 is 1.40 bits per heavy atom. The molecule has 0 aromatic heterocycles. The number of phenols is 1. The van der Waals surface area contributed by atoms with Gasteiger partial charge in [-0.3, -0.25) is 18.8 Å². The van der Waals surface area contributed by atoms with Gasteiger partial charge in [-0.15, -0.1) is 0 Å². The first kappa shape index (κ1) is 34.3. The number of amides is 1. The third-order valence-corrected chi connectivity index (χ3v) is 5.53. The van der Waals surface area contributed by atoms with Gasteiger partial charge >= 0.3 is 5.97 Å². The fourth-order valence-electron chi connectivity index (χ4n) is 3.82. The molecule has 0 atom stereocenters. The Labute approximate surface area is 244 Å². The predicted molar refractivity (Wildman–Crippen MR) is 158 cm³/mol. The summed E-state index contributed by atoms with van der Waals surface area (Å²) in [7, 11) is -7.33. The third-order valence-electron chi connectivity index (χ3n) is 5.53. The second-order valence-corrected chi connectivity index (χ2v) is 12.2. The van der Waals surface area contributed by atoms with E-state index in [1.807, 2.05) is 30.3 Å². The highest BCUT2D eigenvalue weighted by atomic mass is 32.2. The summed E-state index contributed by atoms with van der Waals surface area (Å²) in [5, 5.41) is 25.9. The Bertz CT molecular complexity index is 1540. The Morgan fingerprint density at radius 1 is 0.833 bits per heavy atom. The molecule has 42 heavy (non-hydrogen) atoms. The van der Waals surface area contributed by atoms with Crippen molar-refractivity contribution in [3.05, 3.63) is 83.4 Å². The highest BCUT2D eigenvalue weighted by Crippen LogP contribution is 2.28. The highest BCUT2D eigenvalue weighted by molar-refractivity contribution is 7.85. The van der Waals surface area contributed by atoms with Gasteiger partial charge in [0.05, 0.1) is 29.3 Å². The fraction of sp³-hybridized carbons (Fsp3) is 0.259. The summed E-state index contributed by atoms with van der Waals surface area (Å²) in [5.74, 6) is -1.85. The van der Waals surface area contributed by atoms with E-state index >= 15 is 0 Å². The second kappa shape index (κ2) is 15.4. The van der Waals surface area contributed by atoms with Crippen molar-refractivity contribution in [2.75, 3.05) is 44.0 Å². The smallest absolute Gasteiger partial charge is 0.337 e. The predicted octanol–water partition coefficient (Wildman–Crippen LogP) is 2.42. The monoisotopic (exact) mass is 623 g/mol. The number of rotatable bonds is 6. The number of phenolic OH excluding ortho intramolecular Hbond substituents is 1. The summed E-state index contributed by atoms with van der Waals surface area (Å²) in [6, 6.07) is 19.3. The van der Waals surface area contributed by atoms with Crippen LogP contribution in [0.15, 0.2) is 66.7 Å². The molecule has 3 aromatic rings. The van der Waals surface area contributed by atoms with E-state index in [2.05, 4.69) is 15.5 Å². The minimum absolute atomic E-state index is 0.0190. The maximum Gasteiger partial charge on any atom is 0.337 e. The van der Waals surface area contributed by atoms with Crippen LogP contribution in [0.3, 0.4) is 0 Å². The fourth-order valence-corrected chi connectivity index (χ4v) is 3.82. The molecular weight excluding hydrogens is 590 g/mol. The summed E-state index contributed by atoms with van der Waals surface area (Å²) in [5.41, 5.74) is 2.86. The van der Waals surface area contributed by atoms with Gasteiger partial charge < -0.3 is 20.8 Å². The second-order valence-electron chi connectivity index (χ2n) is 9.23. The number of hydrogen-bond donors (Lipinski definition) is 6. The van der Waals surface area contributed by atoms with E-state index < -0.39 is 32.1 Å². The van der Waals surface area contributed by atoms with Gasteiger partial charge in [0.1, 0.15) is 5.75 Å². The number of nitrogens with zero attached hydrogens (tertiary/aromatic N) is 1. The Morgan fingerprint density at radius 3 is 1.95 bits per heavy atom. The molecule has 3 aromatic carbocycles. The van der Waals surface area contributed by atoms with Crippen LogP contribution in [0, 0.1) is 0 Å². The first-order chi connectivity index (χ1) is 19.5. The third kappa shape index (κ3) is 13.2. The zero-order chi connectivity index (χ0) is 31.5. The first-order valence-electron chi connectivity index (χ1n) is 12.3. The number of hydrogen-bond acceptors (Lipinski definition) is 9. The zero-order valence-corrected chi connectivity index (χ0v) is 24.5. The van der Waals surface area contributed by atoms with Crippen molar-refractivity contribution < 1.29 is 45.7 Å². The lowest BCUT2D eigenvalue weighted by Gasteiger charge is -2.27. The van der Waals surface area contributed by atoms with Crippen molar-refractivity contribution in [1.29, 1.82) is 0 Å². The van der Waals surface area contributed by atoms with Crippen LogP contribution in [0.2, 0.25) is 0 Å². The van der Waals surface area contributed by atoms with Gasteiger partial charge in [0.25, 0.3) is 26.1 Å². The van der Waals surface area contributed by atoms with Crippen molar-refractivity contribution in [3.63, 3.8) is 0 Å². The van der Waals surface area contributed by atoms with Gasteiger partial charge in [-0.05, 0) is 41.0 Å². The van der Waals surface area contributed by atoms with Gasteiger partial charge in [0, 0.05) is 32.7 Å². The lowest BCUT2D eigenvalue weighted by Crippen LogP contribution is -2.42. The molecule has 1 aliphatic heterocycles. The maximum atomic E-state index is 13.0. The van der Waals surface area contributed by atoms with Gasteiger partial charge in [-0.1, -0.05) is 42.5 Å². The Kier molecular flexibility index (Phi) is 12.6. The van der Waals surface area contributed by atoms with Crippen molar-refractivity contribution in [2.24, 2.45) is 0 Å². The molecule has 1 aliphatic rings. The molecule has 0 bridgehead atoms. The van der Waals surface area contributed by atoms with E-state index in [-0.39, 0.29) is 22.6 Å². The largest absolute Gasteiger partial charge is 0.507 e. The van der Waals surface area contributed by atoms with Crippen LogP contribution in [0.5, 0.6) is 5.75 Å². The highest BCUT2D eigenvalue weighted by Gasteiger charge is 2.18. The van der Waals surface area contributed by atoms with Gasteiger partial charge in [0.15, 0.2) is 0 Å². The molecule has 0 spiro atoms. The molecule has 1 heterocycles. The summed E-state index contributed by atoms with van der Waals surface area (Å²) >= 11 is 0. The normalized spacial score (nSPS) is 13.5. The summed E-state index contributed by atoms with van der Waals surface area (Å²) in [6.45, 7) is 4.34. The van der Waals surface area contributed by atoms with Crippen LogP contribution in [0.1, 0.15) is 26.3 Å². The number of carboxylic acid groups (broad SMARTS) is 1. The molecule has 228 valence electrons. The summed E-state index contributed by atoms with van der Waals surface area (Å²) in [4.78, 5) is 27.0.